The van der Waals surface area contributed by atoms with Crippen LogP contribution >= 0.6 is 0 Å². The van der Waals surface area contributed by atoms with Crippen LogP contribution in [0, 0.1) is 5.92 Å². The van der Waals surface area contributed by atoms with Gasteiger partial charge in [0.15, 0.2) is 0 Å². The lowest BCUT2D eigenvalue weighted by Crippen LogP contribution is -2.41. The predicted octanol–water partition coefficient (Wildman–Crippen LogP) is 4.20. The van der Waals surface area contributed by atoms with Crippen LogP contribution in [0.25, 0.3) is 0 Å². The number of hydrogen-bond acceptors (Lipinski definition) is 2. The smallest absolute Gasteiger partial charge is 0.00823 e. The Bertz CT molecular complexity index is 256. The van der Waals surface area contributed by atoms with Gasteiger partial charge in [-0.2, -0.15) is 0 Å². The molecule has 1 saturated heterocycles. The van der Waals surface area contributed by atoms with E-state index in [-0.39, 0.29) is 0 Å². The summed E-state index contributed by atoms with van der Waals surface area (Å²) in [5.41, 5.74) is 0. The van der Waals surface area contributed by atoms with Crippen molar-refractivity contribution < 1.29 is 0 Å². The molecule has 2 rings (SSSR count). The second-order valence-electron chi connectivity index (χ2n) is 7.46. The SMILES string of the molecule is CC(C)N1CCCC(N[C@H](C)C2CCCCCC2)CC1. The molecule has 0 bridgehead atoms. The zero-order chi connectivity index (χ0) is 14.4. The summed E-state index contributed by atoms with van der Waals surface area (Å²) in [5, 5.41) is 3.99. The highest BCUT2D eigenvalue weighted by molar-refractivity contribution is 4.82. The van der Waals surface area contributed by atoms with Crippen molar-refractivity contribution in [3.8, 4) is 0 Å². The van der Waals surface area contributed by atoms with E-state index in [0.717, 1.165) is 18.0 Å². The quantitative estimate of drug-likeness (QED) is 0.777. The van der Waals surface area contributed by atoms with E-state index in [0.29, 0.717) is 6.04 Å². The summed E-state index contributed by atoms with van der Waals surface area (Å²) in [6.45, 7) is 9.70. The van der Waals surface area contributed by atoms with Crippen molar-refractivity contribution in [3.63, 3.8) is 0 Å². The van der Waals surface area contributed by atoms with E-state index in [9.17, 15) is 0 Å². The summed E-state index contributed by atoms with van der Waals surface area (Å²) >= 11 is 0. The topological polar surface area (TPSA) is 15.3 Å². The normalized spacial score (nSPS) is 29.1. The van der Waals surface area contributed by atoms with Gasteiger partial charge in [0, 0.05) is 18.1 Å². The highest BCUT2D eigenvalue weighted by Gasteiger charge is 2.23. The number of likely N-dealkylation sites (tertiary alicyclic amines) is 1. The third-order valence-corrected chi connectivity index (χ3v) is 5.60. The molecule has 2 fully saturated rings. The Morgan fingerprint density at radius 3 is 2.15 bits per heavy atom. The van der Waals surface area contributed by atoms with Crippen molar-refractivity contribution >= 4 is 0 Å². The van der Waals surface area contributed by atoms with Gasteiger partial charge >= 0.3 is 0 Å². The lowest BCUT2D eigenvalue weighted by atomic mass is 9.92. The van der Waals surface area contributed by atoms with Crippen molar-refractivity contribution in [1.29, 1.82) is 0 Å². The maximum atomic E-state index is 3.99. The van der Waals surface area contributed by atoms with Gasteiger partial charge in [-0.15, -0.1) is 0 Å². The van der Waals surface area contributed by atoms with Crippen LogP contribution in [-0.4, -0.2) is 36.1 Å². The van der Waals surface area contributed by atoms with E-state index in [1.807, 2.05) is 0 Å². The zero-order valence-corrected chi connectivity index (χ0v) is 14.0. The summed E-state index contributed by atoms with van der Waals surface area (Å²) in [6, 6.07) is 2.20. The predicted molar refractivity (Wildman–Crippen MR) is 88.1 cm³/mol. The Hall–Kier alpha value is -0.0800. The van der Waals surface area contributed by atoms with Crippen LogP contribution in [0.15, 0.2) is 0 Å². The van der Waals surface area contributed by atoms with Crippen molar-refractivity contribution in [2.24, 2.45) is 5.92 Å². The maximum absolute atomic E-state index is 3.99. The van der Waals surface area contributed by atoms with Gasteiger partial charge in [0.05, 0.1) is 0 Å². The minimum atomic E-state index is 0.716. The molecule has 1 heterocycles. The van der Waals surface area contributed by atoms with Gasteiger partial charge < -0.3 is 10.2 Å². The van der Waals surface area contributed by atoms with E-state index >= 15 is 0 Å². The molecule has 2 aliphatic rings. The van der Waals surface area contributed by atoms with E-state index in [2.05, 4.69) is 31.0 Å². The first kappa shape index (κ1) is 16.3. The fourth-order valence-electron chi connectivity index (χ4n) is 4.12. The molecular weight excluding hydrogens is 244 g/mol. The van der Waals surface area contributed by atoms with Crippen LogP contribution in [0.1, 0.15) is 78.6 Å². The third-order valence-electron chi connectivity index (χ3n) is 5.60. The first-order valence-corrected chi connectivity index (χ1v) is 9.17. The lowest BCUT2D eigenvalue weighted by Gasteiger charge is -2.29. The molecule has 2 nitrogen and oxygen atoms in total. The van der Waals surface area contributed by atoms with Gasteiger partial charge in [-0.05, 0) is 71.9 Å². The molecule has 0 aromatic heterocycles. The number of rotatable bonds is 4. The second-order valence-corrected chi connectivity index (χ2v) is 7.46. The summed E-state index contributed by atoms with van der Waals surface area (Å²) in [6.07, 6.45) is 12.9. The first-order valence-electron chi connectivity index (χ1n) is 9.17. The summed E-state index contributed by atoms with van der Waals surface area (Å²) in [5.74, 6) is 0.932. The molecular formula is C18H36N2. The molecule has 0 aromatic rings. The molecule has 1 aliphatic heterocycles. The third kappa shape index (κ3) is 5.04. The highest BCUT2D eigenvalue weighted by atomic mass is 15.1. The second kappa shape index (κ2) is 8.38. The van der Waals surface area contributed by atoms with Crippen molar-refractivity contribution in [2.45, 2.75) is 96.7 Å². The van der Waals surface area contributed by atoms with Crippen molar-refractivity contribution in [2.75, 3.05) is 13.1 Å². The minimum absolute atomic E-state index is 0.716. The first-order chi connectivity index (χ1) is 9.66. The highest BCUT2D eigenvalue weighted by Crippen LogP contribution is 2.26. The summed E-state index contributed by atoms with van der Waals surface area (Å²) in [4.78, 5) is 2.65. The molecule has 0 aromatic carbocycles. The van der Waals surface area contributed by atoms with Gasteiger partial charge in [0.1, 0.15) is 0 Å². The van der Waals surface area contributed by atoms with Gasteiger partial charge in [-0.25, -0.2) is 0 Å². The Morgan fingerprint density at radius 2 is 1.50 bits per heavy atom. The van der Waals surface area contributed by atoms with E-state index in [4.69, 9.17) is 0 Å². The van der Waals surface area contributed by atoms with Gasteiger partial charge in [-0.1, -0.05) is 25.7 Å². The average molecular weight is 280 g/mol. The van der Waals surface area contributed by atoms with E-state index in [1.165, 1.54) is 70.9 Å². The summed E-state index contributed by atoms with van der Waals surface area (Å²) in [7, 11) is 0. The zero-order valence-electron chi connectivity index (χ0n) is 14.0. The number of nitrogens with zero attached hydrogens (tertiary/aromatic N) is 1. The molecule has 2 atom stereocenters. The Labute approximate surface area is 126 Å². The maximum Gasteiger partial charge on any atom is 0.00823 e. The fraction of sp³-hybridized carbons (Fsp3) is 1.00. The summed E-state index contributed by atoms with van der Waals surface area (Å²) < 4.78 is 0. The molecule has 0 amide bonds. The molecule has 20 heavy (non-hydrogen) atoms. The van der Waals surface area contributed by atoms with Crippen LogP contribution in [0.3, 0.4) is 0 Å². The van der Waals surface area contributed by atoms with E-state index in [1.54, 1.807) is 0 Å². The monoisotopic (exact) mass is 280 g/mol. The molecule has 0 radical (unpaired) electrons. The van der Waals surface area contributed by atoms with Crippen LogP contribution in [0.5, 0.6) is 0 Å². The molecule has 0 spiro atoms. The van der Waals surface area contributed by atoms with Gasteiger partial charge in [0.25, 0.3) is 0 Å². The standard InChI is InChI=1S/C18H36N2/c1-15(2)20-13-8-11-18(12-14-20)19-16(3)17-9-6-4-5-7-10-17/h15-19H,4-14H2,1-3H3/t16-,18?/m1/s1. The molecule has 2 heteroatoms. The molecule has 1 N–H and O–H groups in total. The minimum Gasteiger partial charge on any atom is -0.311 e. The Balaban J connectivity index is 1.77. The number of hydrogen-bond donors (Lipinski definition) is 1. The van der Waals surface area contributed by atoms with Crippen molar-refractivity contribution in [3.05, 3.63) is 0 Å². The van der Waals surface area contributed by atoms with Crippen LogP contribution in [0.2, 0.25) is 0 Å². The van der Waals surface area contributed by atoms with E-state index < -0.39 is 0 Å². The molecule has 1 aliphatic carbocycles. The fourth-order valence-corrected chi connectivity index (χ4v) is 4.12. The lowest BCUT2D eigenvalue weighted by molar-refractivity contribution is 0.226. The number of nitrogens with one attached hydrogen (secondary N) is 1. The van der Waals surface area contributed by atoms with Crippen LogP contribution in [-0.2, 0) is 0 Å². The molecule has 1 saturated carbocycles. The Kier molecular flexibility index (Phi) is 6.83. The van der Waals surface area contributed by atoms with Crippen LogP contribution in [0.4, 0.5) is 0 Å². The largest absolute Gasteiger partial charge is 0.311 e. The van der Waals surface area contributed by atoms with Crippen LogP contribution < -0.4 is 5.32 Å². The van der Waals surface area contributed by atoms with Gasteiger partial charge in [0.2, 0.25) is 0 Å². The van der Waals surface area contributed by atoms with Crippen molar-refractivity contribution in [1.82, 2.24) is 10.2 Å². The molecule has 118 valence electrons. The Morgan fingerprint density at radius 1 is 0.800 bits per heavy atom. The molecule has 1 unspecified atom stereocenters. The van der Waals surface area contributed by atoms with Gasteiger partial charge in [-0.3, -0.25) is 0 Å². The average Bonchev–Trinajstić information content (AvgIpc) is 2.80.